The number of ether oxygens (including phenoxy) is 3. The smallest absolute Gasteiger partial charge is 0.381 e. The molecule has 0 bridgehead atoms. The molecule has 9 nitrogen and oxygen atoms in total. The van der Waals surface area contributed by atoms with Crippen LogP contribution in [0.25, 0.3) is 0 Å². The molecule has 0 aromatic carbocycles. The van der Waals surface area contributed by atoms with Gasteiger partial charge in [0.25, 0.3) is 5.56 Å². The first-order valence-electron chi connectivity index (χ1n) is 7.27. The Labute approximate surface area is 139 Å². The average Bonchev–Trinajstić information content (AvgIpc) is 2.86. The van der Waals surface area contributed by atoms with E-state index in [9.17, 15) is 14.3 Å². The van der Waals surface area contributed by atoms with E-state index >= 15 is 0 Å². The molecule has 1 aliphatic rings. The lowest BCUT2D eigenvalue weighted by Gasteiger charge is -2.33. The topological polar surface area (TPSA) is 105 Å². The van der Waals surface area contributed by atoms with Crippen molar-refractivity contribution in [2.45, 2.75) is 24.4 Å². The lowest BCUT2D eigenvalue weighted by Crippen LogP contribution is -2.48. The highest BCUT2D eigenvalue weighted by atomic mass is 31.2. The molecule has 2 heterocycles. The van der Waals surface area contributed by atoms with Gasteiger partial charge in [0, 0.05) is 40.0 Å². The Hall–Kier alpha value is -1.06. The van der Waals surface area contributed by atoms with Crippen molar-refractivity contribution in [2.75, 3.05) is 34.5 Å². The van der Waals surface area contributed by atoms with Crippen molar-refractivity contribution in [2.24, 2.45) is 0 Å². The fraction of sp³-hybridized carbons (Fsp3) is 0.643. The number of phosphoric ester groups is 1. The minimum atomic E-state index is -4.26. The highest BCUT2D eigenvalue weighted by Crippen LogP contribution is 2.50. The van der Waals surface area contributed by atoms with Gasteiger partial charge in [-0.25, -0.2) is 4.57 Å². The molecule has 1 fully saturated rings. The molecule has 0 spiro atoms. The monoisotopic (exact) mass is 363 g/mol. The van der Waals surface area contributed by atoms with Crippen molar-refractivity contribution in [3.63, 3.8) is 0 Å². The van der Waals surface area contributed by atoms with Crippen molar-refractivity contribution >= 4 is 7.82 Å². The highest BCUT2D eigenvalue weighted by molar-refractivity contribution is 7.47. The third kappa shape index (κ3) is 4.12. The Bertz CT molecular complexity index is 642. The van der Waals surface area contributed by atoms with E-state index in [1.54, 1.807) is 18.3 Å². The number of aromatic nitrogens is 1. The van der Waals surface area contributed by atoms with E-state index in [4.69, 9.17) is 18.7 Å². The maximum Gasteiger partial charge on any atom is 0.472 e. The largest absolute Gasteiger partial charge is 0.472 e. The van der Waals surface area contributed by atoms with Crippen LogP contribution in [0.15, 0.2) is 29.2 Å². The van der Waals surface area contributed by atoms with Crippen molar-refractivity contribution in [3.05, 3.63) is 34.7 Å². The van der Waals surface area contributed by atoms with E-state index in [2.05, 4.69) is 4.52 Å². The van der Waals surface area contributed by atoms with Gasteiger partial charge < -0.3 is 19.1 Å². The molecule has 2 unspecified atom stereocenters. The van der Waals surface area contributed by atoms with E-state index in [0.717, 1.165) is 7.11 Å². The number of rotatable bonds is 8. The number of nitrogens with zero attached hydrogens (tertiary/aromatic N) is 1. The molecule has 1 N–H and O–H groups in total. The number of hydrogen-bond donors (Lipinski definition) is 1. The summed E-state index contributed by atoms with van der Waals surface area (Å²) in [5, 5.41) is 0. The number of hydrogen-bond acceptors (Lipinski definition) is 7. The van der Waals surface area contributed by atoms with Gasteiger partial charge in [0.2, 0.25) is 0 Å². The molecular weight excluding hydrogens is 341 g/mol. The van der Waals surface area contributed by atoms with Crippen LogP contribution in [0.4, 0.5) is 0 Å². The van der Waals surface area contributed by atoms with Crippen LogP contribution in [0.5, 0.6) is 0 Å². The second kappa shape index (κ2) is 7.88. The second-order valence-electron chi connectivity index (χ2n) is 5.43. The Morgan fingerprint density at radius 2 is 2.00 bits per heavy atom. The molecule has 24 heavy (non-hydrogen) atoms. The minimum absolute atomic E-state index is 0.0489. The third-order valence-corrected chi connectivity index (χ3v) is 4.79. The van der Waals surface area contributed by atoms with Crippen LogP contribution < -0.4 is 5.56 Å². The van der Waals surface area contributed by atoms with Gasteiger partial charge in [0.15, 0.2) is 0 Å². The van der Waals surface area contributed by atoms with Gasteiger partial charge in [-0.05, 0) is 6.07 Å². The third-order valence-electron chi connectivity index (χ3n) is 3.80. The van der Waals surface area contributed by atoms with Crippen LogP contribution in [-0.4, -0.2) is 55.7 Å². The molecule has 0 aliphatic carbocycles. The van der Waals surface area contributed by atoms with E-state index in [1.807, 2.05) is 0 Å². The van der Waals surface area contributed by atoms with Gasteiger partial charge in [-0.3, -0.25) is 18.4 Å². The summed E-state index contributed by atoms with van der Waals surface area (Å²) in [7, 11) is -0.251. The molecule has 2 rings (SSSR count). The summed E-state index contributed by atoms with van der Waals surface area (Å²) in [5.41, 5.74) is -1.41. The van der Waals surface area contributed by atoms with Gasteiger partial charge in [0.1, 0.15) is 17.9 Å². The van der Waals surface area contributed by atoms with Crippen LogP contribution >= 0.6 is 7.82 Å². The molecule has 0 amide bonds. The van der Waals surface area contributed by atoms with Crippen molar-refractivity contribution in [1.82, 2.24) is 4.57 Å². The molecule has 3 atom stereocenters. The van der Waals surface area contributed by atoms with Crippen LogP contribution in [0.1, 0.15) is 12.6 Å². The van der Waals surface area contributed by atoms with Crippen molar-refractivity contribution < 1.29 is 32.7 Å². The fourth-order valence-electron chi connectivity index (χ4n) is 2.77. The molecule has 1 aliphatic heterocycles. The van der Waals surface area contributed by atoms with Gasteiger partial charge in [-0.1, -0.05) is 6.07 Å². The zero-order valence-electron chi connectivity index (χ0n) is 13.8. The first-order chi connectivity index (χ1) is 11.4. The Morgan fingerprint density at radius 3 is 2.54 bits per heavy atom. The highest BCUT2D eigenvalue weighted by Gasteiger charge is 2.53. The maximum atomic E-state index is 12.0. The lowest BCUT2D eigenvalue weighted by molar-refractivity contribution is -0.159. The summed E-state index contributed by atoms with van der Waals surface area (Å²) < 4.78 is 39.4. The van der Waals surface area contributed by atoms with Crippen molar-refractivity contribution in [3.8, 4) is 0 Å². The number of methoxy groups -OCH3 is 2. The predicted molar refractivity (Wildman–Crippen MR) is 83.6 cm³/mol. The van der Waals surface area contributed by atoms with Gasteiger partial charge in [-0.15, -0.1) is 0 Å². The molecular formula is C14H22NO8P. The Morgan fingerprint density at radius 1 is 1.33 bits per heavy atom. The summed E-state index contributed by atoms with van der Waals surface area (Å²) >= 11 is 0. The zero-order chi connectivity index (χ0) is 17.8. The fourth-order valence-corrected chi connectivity index (χ4v) is 3.45. The maximum absolute atomic E-state index is 12.0. The van der Waals surface area contributed by atoms with Crippen LogP contribution in [0.2, 0.25) is 0 Å². The summed E-state index contributed by atoms with van der Waals surface area (Å²) in [6.07, 6.45) is 0.176. The molecule has 1 saturated heterocycles. The quantitative estimate of drug-likeness (QED) is 0.680. The van der Waals surface area contributed by atoms with Crippen LogP contribution in [-0.2, 0) is 27.8 Å². The van der Waals surface area contributed by atoms with Crippen LogP contribution in [0, 0.1) is 0 Å². The second-order valence-corrected chi connectivity index (χ2v) is 6.94. The van der Waals surface area contributed by atoms with E-state index < -0.39 is 25.8 Å². The Balaban J connectivity index is 2.36. The Kier molecular flexibility index (Phi) is 6.33. The van der Waals surface area contributed by atoms with Gasteiger partial charge in [0.05, 0.1) is 13.2 Å². The van der Waals surface area contributed by atoms with E-state index in [1.165, 1.54) is 24.9 Å². The summed E-state index contributed by atoms with van der Waals surface area (Å²) in [4.78, 5) is 21.7. The zero-order valence-corrected chi connectivity index (χ0v) is 14.7. The normalized spacial score (nSPS) is 25.5. The summed E-state index contributed by atoms with van der Waals surface area (Å²) in [6.45, 7) is 0.0978. The molecule has 0 saturated carbocycles. The number of phosphoric acid groups is 1. The summed E-state index contributed by atoms with van der Waals surface area (Å²) in [6, 6.07) is 4.71. The molecule has 1 aromatic rings. The summed E-state index contributed by atoms with van der Waals surface area (Å²) in [5.74, 6) is 0. The molecule has 1 aromatic heterocycles. The standard InChI is InChI=1S/C14H22NO8P/c1-19-9-14(10-20-2)11(23-24(17,18)21-3)8-13(22-14)15-7-5-4-6-12(15)16/h4-7,11,13H,8-10H2,1-3H3,(H,17,18)/t11?,13-/m1/s1. The predicted octanol–water partition coefficient (Wildman–Crippen LogP) is 0.931. The van der Waals surface area contributed by atoms with Crippen LogP contribution in [0.3, 0.4) is 0 Å². The molecule has 0 radical (unpaired) electrons. The lowest BCUT2D eigenvalue weighted by atomic mass is 9.99. The SMILES string of the molecule is COCC1(COC)O[C@@H](n2ccccc2=O)CC1OP(=O)(O)OC. The average molecular weight is 363 g/mol. The van der Waals surface area contributed by atoms with E-state index in [0.29, 0.717) is 0 Å². The first kappa shape index (κ1) is 19.3. The van der Waals surface area contributed by atoms with Gasteiger partial charge in [-0.2, -0.15) is 0 Å². The molecule has 10 heteroatoms. The van der Waals surface area contributed by atoms with Gasteiger partial charge >= 0.3 is 7.82 Å². The molecule has 136 valence electrons. The van der Waals surface area contributed by atoms with E-state index in [-0.39, 0.29) is 25.2 Å². The van der Waals surface area contributed by atoms with Crippen molar-refractivity contribution in [1.29, 1.82) is 0 Å². The first-order valence-corrected chi connectivity index (χ1v) is 8.77. The minimum Gasteiger partial charge on any atom is -0.381 e. The number of pyridine rings is 1.